The van der Waals surface area contributed by atoms with Crippen LogP contribution in [0.3, 0.4) is 0 Å². The normalized spacial score (nSPS) is 19.9. The summed E-state index contributed by atoms with van der Waals surface area (Å²) in [5, 5.41) is 13.3. The third-order valence-electron chi connectivity index (χ3n) is 7.28. The summed E-state index contributed by atoms with van der Waals surface area (Å²) in [6, 6.07) is 12.0. The third-order valence-corrected chi connectivity index (χ3v) is 7.28. The van der Waals surface area contributed by atoms with E-state index in [1.807, 2.05) is 30.3 Å². The van der Waals surface area contributed by atoms with E-state index in [1.165, 1.54) is 12.8 Å². The van der Waals surface area contributed by atoms with Crippen LogP contribution in [0.1, 0.15) is 56.9 Å². The molecule has 0 spiro atoms. The van der Waals surface area contributed by atoms with Gasteiger partial charge in [-0.05, 0) is 66.6 Å². The second-order valence-electron chi connectivity index (χ2n) is 9.93. The highest BCUT2D eigenvalue weighted by molar-refractivity contribution is 5.83. The molecule has 35 heavy (non-hydrogen) atoms. The largest absolute Gasteiger partial charge is 0.497 e. The number of carboxylic acids is 1. The Kier molecular flexibility index (Phi) is 7.16. The van der Waals surface area contributed by atoms with Crippen LogP contribution in [-0.2, 0) is 20.9 Å². The molecule has 3 aliphatic rings. The molecule has 0 aromatic heterocycles. The van der Waals surface area contributed by atoms with Crippen molar-refractivity contribution in [3.8, 4) is 22.6 Å². The number of carboxylic acid groups (broad SMARTS) is 1. The minimum absolute atomic E-state index is 0.277. The van der Waals surface area contributed by atoms with E-state index in [1.54, 1.807) is 7.11 Å². The Labute approximate surface area is 206 Å². The lowest BCUT2D eigenvalue weighted by molar-refractivity contribution is -0.145. The van der Waals surface area contributed by atoms with E-state index in [-0.39, 0.29) is 6.10 Å². The first kappa shape index (κ1) is 23.9. The zero-order valence-electron chi connectivity index (χ0n) is 20.4. The monoisotopic (exact) mass is 481 g/mol. The molecule has 3 fully saturated rings. The van der Waals surface area contributed by atoms with Crippen LogP contribution >= 0.6 is 0 Å². The molecule has 2 aromatic rings. The first-order valence-electron chi connectivity index (χ1n) is 12.7. The van der Waals surface area contributed by atoms with Gasteiger partial charge in [-0.25, -0.2) is 4.79 Å². The molecule has 2 aromatic carbocycles. The quantitative estimate of drug-likeness (QED) is 0.469. The standard InChI is InChI=1S/C28H35NO6/c1-32-24-15-19(16-25(17-24)35-23-7-8-23)26-9-6-21(14-20(26)18-34-22-4-2-3-5-22)29-28(27(30)31)10-12-33-13-11-28/h6,9,14-17,22-23,29H,2-5,7-8,10-13,18H2,1H3,(H,30,31). The maximum Gasteiger partial charge on any atom is 0.329 e. The van der Waals surface area contributed by atoms with Crippen molar-refractivity contribution in [2.24, 2.45) is 0 Å². The van der Waals surface area contributed by atoms with E-state index < -0.39 is 11.5 Å². The maximum absolute atomic E-state index is 12.2. The number of ether oxygens (including phenoxy) is 4. The summed E-state index contributed by atoms with van der Waals surface area (Å²) < 4.78 is 23.4. The number of hydrogen-bond acceptors (Lipinski definition) is 6. The van der Waals surface area contributed by atoms with Gasteiger partial charge in [-0.2, -0.15) is 0 Å². The summed E-state index contributed by atoms with van der Waals surface area (Å²) in [7, 11) is 1.66. The van der Waals surface area contributed by atoms with Crippen molar-refractivity contribution < 1.29 is 28.8 Å². The Balaban J connectivity index is 1.47. The van der Waals surface area contributed by atoms with Gasteiger partial charge in [-0.15, -0.1) is 0 Å². The lowest BCUT2D eigenvalue weighted by Crippen LogP contribution is -2.50. The smallest absolute Gasteiger partial charge is 0.329 e. The lowest BCUT2D eigenvalue weighted by atomic mass is 9.89. The van der Waals surface area contributed by atoms with Crippen molar-refractivity contribution in [3.05, 3.63) is 42.0 Å². The van der Waals surface area contributed by atoms with Crippen LogP contribution in [0.4, 0.5) is 5.69 Å². The van der Waals surface area contributed by atoms with E-state index in [0.717, 1.165) is 59.6 Å². The number of carbonyl (C=O) groups is 1. The fourth-order valence-corrected chi connectivity index (χ4v) is 5.02. The number of benzene rings is 2. The average Bonchev–Trinajstić information content (AvgIpc) is 3.52. The summed E-state index contributed by atoms with van der Waals surface area (Å²) in [4.78, 5) is 12.2. The number of rotatable bonds is 10. The van der Waals surface area contributed by atoms with Gasteiger partial charge >= 0.3 is 5.97 Å². The second kappa shape index (κ2) is 10.5. The summed E-state index contributed by atoms with van der Waals surface area (Å²) in [5.74, 6) is 0.706. The van der Waals surface area contributed by atoms with Crippen LogP contribution < -0.4 is 14.8 Å². The second-order valence-corrected chi connectivity index (χ2v) is 9.93. The Bertz CT molecular complexity index is 1040. The fourth-order valence-electron chi connectivity index (χ4n) is 5.02. The van der Waals surface area contributed by atoms with Crippen LogP contribution in [0.15, 0.2) is 36.4 Å². The van der Waals surface area contributed by atoms with E-state index in [2.05, 4.69) is 11.4 Å². The van der Waals surface area contributed by atoms with Gasteiger partial charge in [0.2, 0.25) is 0 Å². The molecule has 1 saturated heterocycles. The third kappa shape index (κ3) is 5.73. The van der Waals surface area contributed by atoms with E-state index in [4.69, 9.17) is 18.9 Å². The zero-order valence-corrected chi connectivity index (χ0v) is 20.4. The molecule has 2 saturated carbocycles. The average molecular weight is 482 g/mol. The van der Waals surface area contributed by atoms with Crippen molar-refractivity contribution in [2.75, 3.05) is 25.6 Å². The molecular weight excluding hydrogens is 446 g/mol. The van der Waals surface area contributed by atoms with Gasteiger partial charge in [0.25, 0.3) is 0 Å². The molecule has 0 bridgehead atoms. The van der Waals surface area contributed by atoms with Crippen LogP contribution in [0.5, 0.6) is 11.5 Å². The van der Waals surface area contributed by atoms with Gasteiger partial charge in [0, 0.05) is 37.8 Å². The van der Waals surface area contributed by atoms with Gasteiger partial charge in [0.15, 0.2) is 0 Å². The molecule has 188 valence electrons. The van der Waals surface area contributed by atoms with Crippen LogP contribution in [0.25, 0.3) is 11.1 Å². The predicted octanol–water partition coefficient (Wildman–Crippen LogP) is 5.41. The fraction of sp³-hybridized carbons (Fsp3) is 0.536. The Hall–Kier alpha value is -2.77. The summed E-state index contributed by atoms with van der Waals surface area (Å²) >= 11 is 0. The number of nitrogens with one attached hydrogen (secondary N) is 1. The maximum atomic E-state index is 12.2. The van der Waals surface area contributed by atoms with Gasteiger partial charge < -0.3 is 29.4 Å². The van der Waals surface area contributed by atoms with E-state index in [9.17, 15) is 9.90 Å². The van der Waals surface area contributed by atoms with E-state index >= 15 is 0 Å². The molecule has 7 heteroatoms. The van der Waals surface area contributed by atoms with Crippen LogP contribution in [-0.4, -0.2) is 49.1 Å². The Morgan fingerprint density at radius 3 is 2.46 bits per heavy atom. The molecule has 7 nitrogen and oxygen atoms in total. The van der Waals surface area contributed by atoms with Crippen molar-refractivity contribution in [2.45, 2.75) is 75.7 Å². The van der Waals surface area contributed by atoms with Gasteiger partial charge in [0.1, 0.15) is 17.0 Å². The molecule has 2 N–H and O–H groups in total. The SMILES string of the molecule is COc1cc(OC2CC2)cc(-c2ccc(NC3(C(=O)O)CCOCC3)cc2COC2CCCC2)c1. The van der Waals surface area contributed by atoms with Crippen molar-refractivity contribution in [1.29, 1.82) is 0 Å². The van der Waals surface area contributed by atoms with Crippen LogP contribution in [0.2, 0.25) is 0 Å². The minimum atomic E-state index is -1.02. The number of anilines is 1. The first-order chi connectivity index (χ1) is 17.0. The number of aliphatic carboxylic acids is 1. The molecular formula is C28H35NO6. The molecule has 5 rings (SSSR count). The van der Waals surface area contributed by atoms with Gasteiger partial charge in [-0.1, -0.05) is 18.9 Å². The predicted molar refractivity (Wildman–Crippen MR) is 133 cm³/mol. The number of hydrogen-bond donors (Lipinski definition) is 2. The first-order valence-corrected chi connectivity index (χ1v) is 12.7. The molecule has 0 radical (unpaired) electrons. The summed E-state index contributed by atoms with van der Waals surface area (Å²) in [5.41, 5.74) is 2.80. The van der Waals surface area contributed by atoms with Crippen molar-refractivity contribution in [1.82, 2.24) is 0 Å². The molecule has 1 aliphatic heterocycles. The highest BCUT2D eigenvalue weighted by Crippen LogP contribution is 2.37. The summed E-state index contributed by atoms with van der Waals surface area (Å²) in [6.45, 7) is 1.33. The van der Waals surface area contributed by atoms with Crippen molar-refractivity contribution in [3.63, 3.8) is 0 Å². The Morgan fingerprint density at radius 2 is 1.77 bits per heavy atom. The molecule has 0 amide bonds. The van der Waals surface area contributed by atoms with E-state index in [0.29, 0.717) is 38.8 Å². The van der Waals surface area contributed by atoms with Gasteiger partial charge in [-0.3, -0.25) is 0 Å². The highest BCUT2D eigenvalue weighted by atomic mass is 16.5. The van der Waals surface area contributed by atoms with Crippen molar-refractivity contribution >= 4 is 11.7 Å². The van der Waals surface area contributed by atoms with Crippen LogP contribution in [0, 0.1) is 0 Å². The molecule has 1 heterocycles. The number of methoxy groups -OCH3 is 1. The molecule has 0 atom stereocenters. The minimum Gasteiger partial charge on any atom is -0.497 e. The lowest BCUT2D eigenvalue weighted by Gasteiger charge is -2.35. The summed E-state index contributed by atoms with van der Waals surface area (Å²) in [6.07, 6.45) is 8.19. The molecule has 0 unspecified atom stereocenters. The zero-order chi connectivity index (χ0) is 24.3. The topological polar surface area (TPSA) is 86.3 Å². The van der Waals surface area contributed by atoms with Gasteiger partial charge in [0.05, 0.1) is 25.9 Å². The highest BCUT2D eigenvalue weighted by Gasteiger charge is 2.40. The Morgan fingerprint density at radius 1 is 1.03 bits per heavy atom. The molecule has 2 aliphatic carbocycles.